The van der Waals surface area contributed by atoms with Gasteiger partial charge in [-0.2, -0.15) is 0 Å². The SMILES string of the molecule is CCOC(C)OCCN(CC)CCOC(C)OCC. The molecule has 0 aromatic heterocycles. The van der Waals surface area contributed by atoms with Crippen molar-refractivity contribution in [2.24, 2.45) is 0 Å². The fourth-order valence-corrected chi connectivity index (χ4v) is 1.69. The molecule has 2 atom stereocenters. The van der Waals surface area contributed by atoms with Gasteiger partial charge < -0.3 is 18.9 Å². The normalized spacial score (nSPS) is 14.8. The molecule has 0 saturated heterocycles. The fraction of sp³-hybridized carbons (Fsp3) is 1.00. The van der Waals surface area contributed by atoms with Crippen molar-refractivity contribution in [1.82, 2.24) is 4.90 Å². The summed E-state index contributed by atoms with van der Waals surface area (Å²) in [7, 11) is 0. The van der Waals surface area contributed by atoms with Gasteiger partial charge in [0, 0.05) is 26.3 Å². The van der Waals surface area contributed by atoms with E-state index >= 15 is 0 Å². The maximum atomic E-state index is 5.55. The van der Waals surface area contributed by atoms with Gasteiger partial charge in [0.05, 0.1) is 13.2 Å². The Kier molecular flexibility index (Phi) is 12.7. The lowest BCUT2D eigenvalue weighted by Gasteiger charge is -2.22. The molecular formula is C14H31NO4. The molecule has 0 heterocycles. The van der Waals surface area contributed by atoms with Gasteiger partial charge >= 0.3 is 0 Å². The molecular weight excluding hydrogens is 246 g/mol. The lowest BCUT2D eigenvalue weighted by atomic mass is 10.4. The zero-order valence-corrected chi connectivity index (χ0v) is 13.2. The Morgan fingerprint density at radius 3 is 1.47 bits per heavy atom. The molecule has 0 aromatic rings. The van der Waals surface area contributed by atoms with Crippen molar-refractivity contribution in [1.29, 1.82) is 0 Å². The molecule has 2 unspecified atom stereocenters. The highest BCUT2D eigenvalue weighted by Crippen LogP contribution is 1.97. The van der Waals surface area contributed by atoms with Gasteiger partial charge in [-0.25, -0.2) is 0 Å². The molecule has 0 aliphatic carbocycles. The molecule has 116 valence electrons. The summed E-state index contributed by atoms with van der Waals surface area (Å²) in [6.07, 6.45) is -0.254. The summed E-state index contributed by atoms with van der Waals surface area (Å²) in [6, 6.07) is 0. The van der Waals surface area contributed by atoms with Gasteiger partial charge in [-0.1, -0.05) is 6.92 Å². The minimum absolute atomic E-state index is 0.127. The molecule has 0 fully saturated rings. The summed E-state index contributed by atoms with van der Waals surface area (Å²) in [6.45, 7) is 15.4. The van der Waals surface area contributed by atoms with Gasteiger partial charge in [-0.15, -0.1) is 0 Å². The Morgan fingerprint density at radius 1 is 0.737 bits per heavy atom. The molecule has 0 amide bonds. The predicted molar refractivity (Wildman–Crippen MR) is 76.2 cm³/mol. The summed E-state index contributed by atoms with van der Waals surface area (Å²) in [4.78, 5) is 2.29. The first-order chi connectivity index (χ1) is 9.13. The van der Waals surface area contributed by atoms with E-state index in [1.165, 1.54) is 0 Å². The minimum atomic E-state index is -0.127. The second-order valence-corrected chi connectivity index (χ2v) is 4.22. The number of nitrogens with zero attached hydrogens (tertiary/aromatic N) is 1. The van der Waals surface area contributed by atoms with Crippen LogP contribution in [-0.4, -0.2) is 63.5 Å². The van der Waals surface area contributed by atoms with Crippen molar-refractivity contribution in [3.63, 3.8) is 0 Å². The van der Waals surface area contributed by atoms with Crippen LogP contribution in [0.25, 0.3) is 0 Å². The molecule has 0 radical (unpaired) electrons. The summed E-state index contributed by atoms with van der Waals surface area (Å²) < 4.78 is 21.7. The zero-order chi connectivity index (χ0) is 14.5. The molecule has 0 rings (SSSR count). The monoisotopic (exact) mass is 277 g/mol. The largest absolute Gasteiger partial charge is 0.353 e. The highest BCUT2D eigenvalue weighted by Gasteiger charge is 2.06. The van der Waals surface area contributed by atoms with Gasteiger partial charge in [-0.05, 0) is 34.2 Å². The van der Waals surface area contributed by atoms with E-state index in [9.17, 15) is 0 Å². The van der Waals surface area contributed by atoms with Crippen LogP contribution in [0.3, 0.4) is 0 Å². The maximum Gasteiger partial charge on any atom is 0.154 e. The second-order valence-electron chi connectivity index (χ2n) is 4.22. The average molecular weight is 277 g/mol. The zero-order valence-electron chi connectivity index (χ0n) is 13.2. The van der Waals surface area contributed by atoms with E-state index in [-0.39, 0.29) is 12.6 Å². The van der Waals surface area contributed by atoms with Crippen LogP contribution in [0.4, 0.5) is 0 Å². The number of likely N-dealkylation sites (N-methyl/N-ethyl adjacent to an activating group) is 1. The number of hydrogen-bond donors (Lipinski definition) is 0. The molecule has 5 heteroatoms. The molecule has 0 aliphatic heterocycles. The Balaban J connectivity index is 3.60. The first-order valence-corrected chi connectivity index (χ1v) is 7.32. The van der Waals surface area contributed by atoms with E-state index < -0.39 is 0 Å². The van der Waals surface area contributed by atoms with Crippen LogP contribution in [-0.2, 0) is 18.9 Å². The van der Waals surface area contributed by atoms with Gasteiger partial charge in [0.2, 0.25) is 0 Å². The van der Waals surface area contributed by atoms with E-state index in [1.807, 2.05) is 27.7 Å². The molecule has 0 spiro atoms. The maximum absolute atomic E-state index is 5.55. The molecule has 0 N–H and O–H groups in total. The highest BCUT2D eigenvalue weighted by molar-refractivity contribution is 4.54. The predicted octanol–water partition coefficient (Wildman–Crippen LogP) is 2.11. The van der Waals surface area contributed by atoms with E-state index in [0.717, 1.165) is 19.6 Å². The van der Waals surface area contributed by atoms with Crippen LogP contribution in [0.5, 0.6) is 0 Å². The smallest absolute Gasteiger partial charge is 0.154 e. The third-order valence-corrected chi connectivity index (χ3v) is 2.77. The highest BCUT2D eigenvalue weighted by atomic mass is 16.7. The Morgan fingerprint density at radius 2 is 1.16 bits per heavy atom. The van der Waals surface area contributed by atoms with Crippen molar-refractivity contribution < 1.29 is 18.9 Å². The number of hydrogen-bond acceptors (Lipinski definition) is 5. The topological polar surface area (TPSA) is 40.2 Å². The lowest BCUT2D eigenvalue weighted by molar-refractivity contribution is -0.136. The summed E-state index contributed by atoms with van der Waals surface area (Å²) in [5.74, 6) is 0. The minimum Gasteiger partial charge on any atom is -0.353 e. The van der Waals surface area contributed by atoms with Crippen LogP contribution < -0.4 is 0 Å². The van der Waals surface area contributed by atoms with E-state index in [2.05, 4.69) is 11.8 Å². The Bertz CT molecular complexity index is 174. The van der Waals surface area contributed by atoms with Crippen molar-refractivity contribution >= 4 is 0 Å². The van der Waals surface area contributed by atoms with Gasteiger partial charge in [0.15, 0.2) is 12.6 Å². The van der Waals surface area contributed by atoms with E-state index in [0.29, 0.717) is 26.4 Å². The molecule has 0 aromatic carbocycles. The number of ether oxygens (including phenoxy) is 4. The lowest BCUT2D eigenvalue weighted by Crippen LogP contribution is -2.33. The first kappa shape index (κ1) is 18.8. The second kappa shape index (κ2) is 12.8. The van der Waals surface area contributed by atoms with Crippen molar-refractivity contribution in [2.75, 3.05) is 46.1 Å². The Labute approximate surface area is 118 Å². The first-order valence-electron chi connectivity index (χ1n) is 7.32. The van der Waals surface area contributed by atoms with Crippen LogP contribution in [0.15, 0.2) is 0 Å². The molecule has 19 heavy (non-hydrogen) atoms. The van der Waals surface area contributed by atoms with Gasteiger partial charge in [0.25, 0.3) is 0 Å². The standard InChI is InChI=1S/C14H31NO4/c1-6-15(9-11-18-13(4)16-7-2)10-12-19-14(5)17-8-3/h13-14H,6-12H2,1-5H3. The van der Waals surface area contributed by atoms with Crippen LogP contribution in [0.2, 0.25) is 0 Å². The van der Waals surface area contributed by atoms with E-state index in [1.54, 1.807) is 0 Å². The Hall–Kier alpha value is -0.200. The molecule has 0 aliphatic rings. The van der Waals surface area contributed by atoms with Crippen molar-refractivity contribution in [3.8, 4) is 0 Å². The summed E-state index contributed by atoms with van der Waals surface area (Å²) in [5.41, 5.74) is 0. The van der Waals surface area contributed by atoms with Crippen LogP contribution >= 0.6 is 0 Å². The van der Waals surface area contributed by atoms with E-state index in [4.69, 9.17) is 18.9 Å². The van der Waals surface area contributed by atoms with Crippen molar-refractivity contribution in [3.05, 3.63) is 0 Å². The van der Waals surface area contributed by atoms with Crippen molar-refractivity contribution in [2.45, 2.75) is 47.2 Å². The van der Waals surface area contributed by atoms with Crippen LogP contribution in [0.1, 0.15) is 34.6 Å². The average Bonchev–Trinajstić information content (AvgIpc) is 2.37. The quantitative estimate of drug-likeness (QED) is 0.482. The number of rotatable bonds is 13. The molecule has 0 bridgehead atoms. The third-order valence-electron chi connectivity index (χ3n) is 2.77. The summed E-state index contributed by atoms with van der Waals surface area (Å²) in [5, 5.41) is 0. The summed E-state index contributed by atoms with van der Waals surface area (Å²) >= 11 is 0. The van der Waals surface area contributed by atoms with Crippen LogP contribution in [0, 0.1) is 0 Å². The van der Waals surface area contributed by atoms with Gasteiger partial charge in [0.1, 0.15) is 0 Å². The van der Waals surface area contributed by atoms with Gasteiger partial charge in [-0.3, -0.25) is 4.90 Å². The fourth-order valence-electron chi connectivity index (χ4n) is 1.69. The molecule has 0 saturated carbocycles. The third kappa shape index (κ3) is 11.3. The molecule has 5 nitrogen and oxygen atoms in total.